The molecule has 0 bridgehead atoms. The molecule has 4 nitrogen and oxygen atoms in total. The summed E-state index contributed by atoms with van der Waals surface area (Å²) >= 11 is 0. The first-order chi connectivity index (χ1) is 24.3. The lowest BCUT2D eigenvalue weighted by Gasteiger charge is -2.21. The summed E-state index contributed by atoms with van der Waals surface area (Å²) in [6, 6.07) is 57.3. The van der Waals surface area contributed by atoms with E-state index in [1.54, 1.807) is 0 Å². The highest BCUT2D eigenvalue weighted by Gasteiger charge is 2.34. The van der Waals surface area contributed by atoms with Crippen LogP contribution < -0.4 is 0 Å². The van der Waals surface area contributed by atoms with E-state index in [9.17, 15) is 0 Å². The van der Waals surface area contributed by atoms with E-state index in [2.05, 4.69) is 156 Å². The van der Waals surface area contributed by atoms with Crippen LogP contribution in [0.2, 0.25) is 0 Å². The van der Waals surface area contributed by atoms with Gasteiger partial charge in [-0.25, -0.2) is 0 Å². The number of rotatable bonds is 5. The summed E-state index contributed by atoms with van der Waals surface area (Å²) < 4.78 is 8.73. The number of pyridine rings is 1. The van der Waals surface area contributed by atoms with Crippen LogP contribution in [0.15, 0.2) is 179 Å². The molecular weight excluding hydrogens is 599 g/mol. The maximum atomic E-state index is 6.45. The summed E-state index contributed by atoms with van der Waals surface area (Å²) in [5.41, 5.74) is 9.17. The fourth-order valence-electron chi connectivity index (χ4n) is 7.22. The summed E-state index contributed by atoms with van der Waals surface area (Å²) in [4.78, 5) is 10.2. The van der Waals surface area contributed by atoms with Crippen molar-refractivity contribution in [2.45, 2.75) is 0 Å². The number of benzene rings is 7. The van der Waals surface area contributed by atoms with Crippen molar-refractivity contribution in [1.29, 1.82) is 0 Å². The van der Waals surface area contributed by atoms with Crippen LogP contribution in [0, 0.1) is 0 Å². The summed E-state index contributed by atoms with van der Waals surface area (Å²) in [6.45, 7) is 0. The number of para-hydroxylation sites is 1. The van der Waals surface area contributed by atoms with Crippen LogP contribution in [0.1, 0.15) is 11.1 Å². The Bertz CT molecular complexity index is 2810. The first-order valence-corrected chi connectivity index (χ1v) is 16.5. The van der Waals surface area contributed by atoms with E-state index in [0.29, 0.717) is 0 Å². The lowest BCUT2D eigenvalue weighted by atomic mass is 9.94. The van der Waals surface area contributed by atoms with Crippen molar-refractivity contribution in [1.82, 2.24) is 4.98 Å². The fourth-order valence-corrected chi connectivity index (χ4v) is 7.22. The summed E-state index contributed by atoms with van der Waals surface area (Å²) in [5, 5.41) is 6.73. The van der Waals surface area contributed by atoms with Gasteiger partial charge in [-0.05, 0) is 81.2 Å². The molecule has 0 fully saturated rings. The average molecular weight is 627 g/mol. The van der Waals surface area contributed by atoms with Gasteiger partial charge in [-0.3, -0.25) is 4.98 Å². The van der Waals surface area contributed by atoms with Crippen LogP contribution in [0.25, 0.3) is 65.9 Å². The van der Waals surface area contributed by atoms with Gasteiger partial charge >= 0.3 is 0 Å². The number of hydrogen-bond acceptors (Lipinski definition) is 3. The molecule has 0 N–H and O–H groups in total. The van der Waals surface area contributed by atoms with E-state index in [0.717, 1.165) is 83.6 Å². The van der Waals surface area contributed by atoms with Crippen molar-refractivity contribution in [2.75, 3.05) is 0 Å². The smallest absolute Gasteiger partial charge is 0.279 e. The Morgan fingerprint density at radius 2 is 1.16 bits per heavy atom. The molecule has 7 aromatic carbocycles. The third kappa shape index (κ3) is 4.42. The molecule has 0 saturated carbocycles. The molecule has 9 aromatic rings. The van der Waals surface area contributed by atoms with E-state index in [4.69, 9.17) is 14.4 Å². The molecule has 2 aromatic heterocycles. The van der Waals surface area contributed by atoms with Crippen LogP contribution in [-0.2, 0) is 0 Å². The lowest BCUT2D eigenvalue weighted by molar-refractivity contribution is -0.319. The van der Waals surface area contributed by atoms with Gasteiger partial charge in [0.15, 0.2) is 0 Å². The minimum absolute atomic E-state index is 0.826. The van der Waals surface area contributed by atoms with Gasteiger partial charge in [0.05, 0.1) is 22.2 Å². The molecule has 3 heterocycles. The molecule has 49 heavy (non-hydrogen) atoms. The standard InChI is InChI=1S/C45H28N3O/c1-3-11-29(12-4-1)32-21-22-39-41(28-32)49-40-25-26-46-43(42(39)40)37-23-24-38(36-18-10-9-17-35(36)37)45-47-44(48(45)34-15-5-2-6-16-34)33-20-19-30-13-7-8-14-31(30)27-33/h1-28H/q+1. The zero-order valence-electron chi connectivity index (χ0n) is 26.4. The normalized spacial score (nSPS) is 12.9. The number of aromatic nitrogens is 1. The lowest BCUT2D eigenvalue weighted by Crippen LogP contribution is -2.34. The largest absolute Gasteiger partial charge is 0.456 e. The topological polar surface area (TPSA) is 41.4 Å². The highest BCUT2D eigenvalue weighted by molar-refractivity contribution is 6.22. The second-order valence-electron chi connectivity index (χ2n) is 12.4. The zero-order chi connectivity index (χ0) is 32.3. The molecule has 4 heteroatoms. The minimum Gasteiger partial charge on any atom is -0.456 e. The summed E-state index contributed by atoms with van der Waals surface area (Å²) in [7, 11) is 0. The Hall–Kier alpha value is -6.65. The Balaban J connectivity index is 1.14. The van der Waals surface area contributed by atoms with Gasteiger partial charge in [-0.1, -0.05) is 120 Å². The van der Waals surface area contributed by atoms with Crippen molar-refractivity contribution in [3.05, 3.63) is 181 Å². The molecule has 0 unspecified atom stereocenters. The van der Waals surface area contributed by atoms with Gasteiger partial charge in [-0.2, -0.15) is 4.58 Å². The van der Waals surface area contributed by atoms with Crippen LogP contribution in [0.3, 0.4) is 0 Å². The quantitative estimate of drug-likeness (QED) is 0.178. The zero-order valence-corrected chi connectivity index (χ0v) is 26.4. The number of fused-ring (bicyclic) bond motifs is 5. The number of nitrogens with zero attached hydrogens (tertiary/aromatic N) is 3. The van der Waals surface area contributed by atoms with E-state index in [1.807, 2.05) is 18.3 Å². The van der Waals surface area contributed by atoms with Gasteiger partial charge in [0.25, 0.3) is 11.7 Å². The molecular formula is C45H28N3O+. The Labute approximate surface area is 282 Å². The predicted molar refractivity (Wildman–Crippen MR) is 201 cm³/mol. The van der Waals surface area contributed by atoms with Gasteiger partial charge in [0.2, 0.25) is 0 Å². The van der Waals surface area contributed by atoms with Crippen molar-refractivity contribution in [3.63, 3.8) is 0 Å². The summed E-state index contributed by atoms with van der Waals surface area (Å²) in [5.74, 6) is 1.86. The van der Waals surface area contributed by atoms with Gasteiger partial charge in [0, 0.05) is 17.1 Å². The molecule has 0 radical (unpaired) electrons. The molecule has 228 valence electrons. The third-order valence-corrected chi connectivity index (χ3v) is 9.57. The Morgan fingerprint density at radius 3 is 2.00 bits per heavy atom. The number of amidine groups is 2. The second kappa shape index (κ2) is 11.0. The maximum Gasteiger partial charge on any atom is 0.279 e. The van der Waals surface area contributed by atoms with Crippen molar-refractivity contribution in [3.8, 4) is 22.4 Å². The highest BCUT2D eigenvalue weighted by Crippen LogP contribution is 2.40. The van der Waals surface area contributed by atoms with E-state index >= 15 is 0 Å². The van der Waals surface area contributed by atoms with Crippen LogP contribution in [-0.4, -0.2) is 21.2 Å². The highest BCUT2D eigenvalue weighted by atomic mass is 16.3. The monoisotopic (exact) mass is 626 g/mol. The number of hydrogen-bond donors (Lipinski definition) is 0. The third-order valence-electron chi connectivity index (χ3n) is 9.57. The van der Waals surface area contributed by atoms with Crippen molar-refractivity contribution < 1.29 is 8.99 Å². The minimum atomic E-state index is 0.826. The molecule has 1 aliphatic heterocycles. The summed E-state index contributed by atoms with van der Waals surface area (Å²) in [6.07, 6.45) is 1.85. The second-order valence-corrected chi connectivity index (χ2v) is 12.4. The first-order valence-electron chi connectivity index (χ1n) is 16.5. The Kier molecular flexibility index (Phi) is 6.15. The van der Waals surface area contributed by atoms with E-state index in [1.165, 1.54) is 10.8 Å². The maximum absolute atomic E-state index is 6.45. The molecule has 10 rings (SSSR count). The van der Waals surface area contributed by atoms with Crippen LogP contribution >= 0.6 is 0 Å². The molecule has 0 amide bonds. The first kappa shape index (κ1) is 27.5. The fraction of sp³-hybridized carbons (Fsp3) is 0. The Morgan fingerprint density at radius 1 is 0.469 bits per heavy atom. The molecule has 0 atom stereocenters. The van der Waals surface area contributed by atoms with Crippen molar-refractivity contribution in [2.24, 2.45) is 4.99 Å². The van der Waals surface area contributed by atoms with Crippen LogP contribution in [0.5, 0.6) is 0 Å². The van der Waals surface area contributed by atoms with Gasteiger partial charge in [-0.15, -0.1) is 0 Å². The van der Waals surface area contributed by atoms with Gasteiger partial charge in [0.1, 0.15) is 16.9 Å². The molecule has 1 aliphatic rings. The van der Waals surface area contributed by atoms with Crippen molar-refractivity contribution >= 4 is 60.8 Å². The predicted octanol–water partition coefficient (Wildman–Crippen LogP) is 11.2. The van der Waals surface area contributed by atoms with E-state index in [-0.39, 0.29) is 0 Å². The SMILES string of the molecule is c1ccc(-c2ccc3c(c2)oc2ccnc(-c4ccc(C5=[N+](c6ccccc6)C(c6ccc7ccccc7c6)=N5)c5ccccc45)c23)cc1. The van der Waals surface area contributed by atoms with Crippen LogP contribution in [0.4, 0.5) is 5.69 Å². The van der Waals surface area contributed by atoms with E-state index < -0.39 is 0 Å². The number of aliphatic imine (C=N–C) groups is 1. The molecule has 0 saturated heterocycles. The number of furan rings is 1. The van der Waals surface area contributed by atoms with Gasteiger partial charge < -0.3 is 4.42 Å². The molecule has 0 spiro atoms. The molecule has 0 aliphatic carbocycles. The average Bonchev–Trinajstić information content (AvgIpc) is 3.54.